The van der Waals surface area contributed by atoms with E-state index < -0.39 is 0 Å². The van der Waals surface area contributed by atoms with Crippen LogP contribution >= 0.6 is 0 Å². The zero-order valence-electron chi connectivity index (χ0n) is 11.3. The molecule has 0 radical (unpaired) electrons. The summed E-state index contributed by atoms with van der Waals surface area (Å²) < 4.78 is 5.71. The van der Waals surface area contributed by atoms with Crippen LogP contribution in [0.4, 0.5) is 5.69 Å². The number of rotatable bonds is 4. The molecule has 2 atom stereocenters. The second kappa shape index (κ2) is 6.16. The second-order valence-corrected chi connectivity index (χ2v) is 4.90. The fourth-order valence-corrected chi connectivity index (χ4v) is 2.40. The Bertz CT molecular complexity index is 362. The number of nitrogens with zero attached hydrogens (tertiary/aromatic N) is 2. The van der Waals surface area contributed by atoms with Crippen molar-refractivity contribution in [2.45, 2.75) is 38.8 Å². The van der Waals surface area contributed by atoms with Crippen molar-refractivity contribution in [3.8, 4) is 0 Å². The summed E-state index contributed by atoms with van der Waals surface area (Å²) in [6, 6.07) is 4.13. The number of hydrogen-bond acceptors (Lipinski definition) is 4. The fourth-order valence-electron chi connectivity index (χ4n) is 2.40. The number of hydrogen-bond donors (Lipinski definition) is 1. The van der Waals surface area contributed by atoms with Gasteiger partial charge in [0, 0.05) is 25.7 Å². The summed E-state index contributed by atoms with van der Waals surface area (Å²) >= 11 is 0. The van der Waals surface area contributed by atoms with Gasteiger partial charge in [0.1, 0.15) is 0 Å². The molecule has 1 aromatic rings. The third-order valence-corrected chi connectivity index (χ3v) is 3.38. The molecule has 4 heteroatoms. The van der Waals surface area contributed by atoms with Gasteiger partial charge in [-0.1, -0.05) is 0 Å². The maximum atomic E-state index is 5.81. The van der Waals surface area contributed by atoms with Gasteiger partial charge in [-0.3, -0.25) is 4.98 Å². The summed E-state index contributed by atoms with van der Waals surface area (Å²) in [6.07, 6.45) is 4.62. The highest BCUT2D eigenvalue weighted by molar-refractivity contribution is 5.45. The van der Waals surface area contributed by atoms with Crippen LogP contribution in [-0.2, 0) is 4.74 Å². The number of ether oxygens (including phenoxy) is 1. The average molecular weight is 249 g/mol. The van der Waals surface area contributed by atoms with Gasteiger partial charge in [0.2, 0.25) is 0 Å². The smallest absolute Gasteiger partial charge is 0.0750 e. The summed E-state index contributed by atoms with van der Waals surface area (Å²) in [7, 11) is 0. The van der Waals surface area contributed by atoms with E-state index in [1.165, 1.54) is 12.1 Å². The molecule has 1 aromatic heterocycles. The lowest BCUT2D eigenvalue weighted by Gasteiger charge is -2.34. The molecule has 1 aliphatic heterocycles. The first-order chi connectivity index (χ1) is 8.70. The van der Waals surface area contributed by atoms with E-state index in [0.29, 0.717) is 6.10 Å². The summed E-state index contributed by atoms with van der Waals surface area (Å²) in [6.45, 7) is 6.85. The molecule has 1 saturated heterocycles. The fraction of sp³-hybridized carbons (Fsp3) is 0.643. The predicted octanol–water partition coefficient (Wildman–Crippen LogP) is 2.11. The normalized spacial score (nSPS) is 21.9. The minimum absolute atomic E-state index is 0.00317. The van der Waals surface area contributed by atoms with E-state index in [9.17, 15) is 0 Å². The number of nitrogens with two attached hydrogens (primary N) is 1. The van der Waals surface area contributed by atoms with Crippen LogP contribution in [0.15, 0.2) is 18.3 Å². The van der Waals surface area contributed by atoms with Crippen molar-refractivity contribution in [3.05, 3.63) is 24.0 Å². The Balaban J connectivity index is 2.02. The average Bonchev–Trinajstić information content (AvgIpc) is 2.39. The Kier molecular flexibility index (Phi) is 4.55. The standard InChI is InChI=1S/C14H23N3O/c1-3-18-13-5-4-8-17(10-13)12-6-7-14(11(2)15)16-9-12/h6-7,9,11,13H,3-5,8,10,15H2,1-2H3/t11-,13?/m1/s1. The van der Waals surface area contributed by atoms with Crippen molar-refractivity contribution in [3.63, 3.8) is 0 Å². The molecule has 100 valence electrons. The third-order valence-electron chi connectivity index (χ3n) is 3.38. The van der Waals surface area contributed by atoms with Gasteiger partial charge in [-0.25, -0.2) is 0 Å². The van der Waals surface area contributed by atoms with Crippen molar-refractivity contribution in [2.24, 2.45) is 5.73 Å². The lowest BCUT2D eigenvalue weighted by Crippen LogP contribution is -2.39. The first-order valence-corrected chi connectivity index (χ1v) is 6.78. The second-order valence-electron chi connectivity index (χ2n) is 4.90. The van der Waals surface area contributed by atoms with Crippen molar-refractivity contribution in [1.82, 2.24) is 4.98 Å². The zero-order chi connectivity index (χ0) is 13.0. The molecule has 4 nitrogen and oxygen atoms in total. The molecular weight excluding hydrogens is 226 g/mol. The number of anilines is 1. The number of pyridine rings is 1. The van der Waals surface area contributed by atoms with Crippen LogP contribution in [0.5, 0.6) is 0 Å². The monoisotopic (exact) mass is 249 g/mol. The van der Waals surface area contributed by atoms with Gasteiger partial charge in [0.25, 0.3) is 0 Å². The minimum Gasteiger partial charge on any atom is -0.377 e. The zero-order valence-corrected chi connectivity index (χ0v) is 11.3. The first kappa shape index (κ1) is 13.3. The Labute approximate surface area is 109 Å². The maximum absolute atomic E-state index is 5.81. The third kappa shape index (κ3) is 3.21. The molecule has 1 fully saturated rings. The van der Waals surface area contributed by atoms with Gasteiger partial charge in [-0.2, -0.15) is 0 Å². The summed E-state index contributed by atoms with van der Waals surface area (Å²) in [5.41, 5.74) is 7.92. The van der Waals surface area contributed by atoms with E-state index in [2.05, 4.69) is 22.9 Å². The van der Waals surface area contributed by atoms with Crippen LogP contribution in [-0.4, -0.2) is 30.8 Å². The SMILES string of the molecule is CCOC1CCCN(c2ccc([C@@H](C)N)nc2)C1. The van der Waals surface area contributed by atoms with Crippen molar-refractivity contribution < 1.29 is 4.74 Å². The molecular formula is C14H23N3O. The molecule has 2 N–H and O–H groups in total. The van der Waals surface area contributed by atoms with Crippen LogP contribution in [0.3, 0.4) is 0 Å². The Hall–Kier alpha value is -1.13. The van der Waals surface area contributed by atoms with Gasteiger partial charge in [0.15, 0.2) is 0 Å². The highest BCUT2D eigenvalue weighted by atomic mass is 16.5. The maximum Gasteiger partial charge on any atom is 0.0750 e. The number of piperidine rings is 1. The Morgan fingerprint density at radius 1 is 1.56 bits per heavy atom. The molecule has 2 rings (SSSR count). The molecule has 0 aliphatic carbocycles. The van der Waals surface area contributed by atoms with E-state index in [1.54, 1.807) is 0 Å². The summed E-state index contributed by atoms with van der Waals surface area (Å²) in [5, 5.41) is 0. The molecule has 0 spiro atoms. The van der Waals surface area contributed by atoms with E-state index in [-0.39, 0.29) is 6.04 Å². The van der Waals surface area contributed by atoms with Gasteiger partial charge in [-0.05, 0) is 38.8 Å². The predicted molar refractivity (Wildman–Crippen MR) is 73.7 cm³/mol. The summed E-state index contributed by atoms with van der Waals surface area (Å²) in [5.74, 6) is 0. The van der Waals surface area contributed by atoms with Gasteiger partial charge < -0.3 is 15.4 Å². The molecule has 0 amide bonds. The highest BCUT2D eigenvalue weighted by Gasteiger charge is 2.20. The van der Waals surface area contributed by atoms with Gasteiger partial charge in [-0.15, -0.1) is 0 Å². The molecule has 0 aromatic carbocycles. The van der Waals surface area contributed by atoms with E-state index in [0.717, 1.165) is 31.8 Å². The van der Waals surface area contributed by atoms with Crippen LogP contribution in [0.1, 0.15) is 38.4 Å². The van der Waals surface area contributed by atoms with Crippen LogP contribution in [0.2, 0.25) is 0 Å². The minimum atomic E-state index is -0.00317. The van der Waals surface area contributed by atoms with Crippen molar-refractivity contribution in [2.75, 3.05) is 24.6 Å². The molecule has 0 bridgehead atoms. The first-order valence-electron chi connectivity index (χ1n) is 6.78. The van der Waals surface area contributed by atoms with Gasteiger partial charge >= 0.3 is 0 Å². The molecule has 1 aliphatic rings. The van der Waals surface area contributed by atoms with Crippen LogP contribution in [0, 0.1) is 0 Å². The van der Waals surface area contributed by atoms with Crippen LogP contribution < -0.4 is 10.6 Å². The van der Waals surface area contributed by atoms with Crippen LogP contribution in [0.25, 0.3) is 0 Å². The molecule has 0 saturated carbocycles. The van der Waals surface area contributed by atoms with Crippen molar-refractivity contribution >= 4 is 5.69 Å². The number of aromatic nitrogens is 1. The lowest BCUT2D eigenvalue weighted by atomic mass is 10.1. The van der Waals surface area contributed by atoms with E-state index >= 15 is 0 Å². The van der Waals surface area contributed by atoms with Crippen molar-refractivity contribution in [1.29, 1.82) is 0 Å². The Morgan fingerprint density at radius 3 is 3.00 bits per heavy atom. The lowest BCUT2D eigenvalue weighted by molar-refractivity contribution is 0.0526. The van der Waals surface area contributed by atoms with Gasteiger partial charge in [0.05, 0.1) is 23.7 Å². The topological polar surface area (TPSA) is 51.4 Å². The van der Waals surface area contributed by atoms with E-state index in [4.69, 9.17) is 10.5 Å². The summed E-state index contributed by atoms with van der Waals surface area (Å²) in [4.78, 5) is 6.77. The molecule has 1 unspecified atom stereocenters. The Morgan fingerprint density at radius 2 is 2.39 bits per heavy atom. The molecule has 18 heavy (non-hydrogen) atoms. The largest absolute Gasteiger partial charge is 0.377 e. The molecule has 2 heterocycles. The highest BCUT2D eigenvalue weighted by Crippen LogP contribution is 2.21. The quantitative estimate of drug-likeness (QED) is 0.888. The van der Waals surface area contributed by atoms with E-state index in [1.807, 2.05) is 19.2 Å².